The first-order chi connectivity index (χ1) is 13.2. The molecule has 0 heterocycles. The molecule has 2 aromatic carbocycles. The number of aromatic hydroxyl groups is 2. The molecule has 0 aromatic heterocycles. The fourth-order valence-electron chi connectivity index (χ4n) is 2.29. The van der Waals surface area contributed by atoms with E-state index in [1.54, 1.807) is 12.1 Å². The lowest BCUT2D eigenvalue weighted by molar-refractivity contribution is -0.112. The number of carbonyl (C=O) groups excluding carboxylic acids is 1. The molecule has 0 fully saturated rings. The Morgan fingerprint density at radius 2 is 1.43 bits per heavy atom. The largest absolute Gasteiger partial charge is 0.504 e. The van der Waals surface area contributed by atoms with Crippen LogP contribution in [0, 0.1) is 0 Å². The van der Waals surface area contributed by atoms with Gasteiger partial charge in [0.15, 0.2) is 38.6 Å². The number of ketones is 1. The smallest absolute Gasteiger partial charge is 0.179 e. The van der Waals surface area contributed by atoms with Gasteiger partial charge in [-0.1, -0.05) is 18.2 Å². The van der Waals surface area contributed by atoms with Crippen molar-refractivity contribution in [3.05, 3.63) is 59.0 Å². The predicted octanol–water partition coefficient (Wildman–Crippen LogP) is 2.78. The Bertz CT molecular complexity index is 1020. The molecule has 0 bridgehead atoms. The molecule has 0 aliphatic heterocycles. The number of carbonyl (C=O) groups is 1. The first-order valence-electron chi connectivity index (χ1n) is 8.10. The average Bonchev–Trinajstić information content (AvgIpc) is 2.64. The van der Waals surface area contributed by atoms with Crippen LogP contribution in [0.1, 0.15) is 11.1 Å². The quantitative estimate of drug-likeness (QED) is 0.651. The third-order valence-electron chi connectivity index (χ3n) is 3.68. The minimum atomic E-state index is -3.79. The number of allylic oxidation sites excluding steroid dienone is 1. The van der Waals surface area contributed by atoms with Gasteiger partial charge in [0.2, 0.25) is 0 Å². The van der Waals surface area contributed by atoms with Crippen LogP contribution in [0.15, 0.2) is 47.9 Å². The fourth-order valence-corrected chi connectivity index (χ4v) is 3.24. The Labute approximate surface area is 163 Å². The lowest BCUT2D eigenvalue weighted by Crippen LogP contribution is -2.11. The standard InChI is InChI=1S/C20H20O7S/c1-26-19-7-4-14(11-17(19)22)3-6-16(21)13-28(24,25)10-9-15-5-8-20(27-2)18(23)12-15/h3-12,22-23H,13H2,1-2H3. The molecular weight excluding hydrogens is 384 g/mol. The van der Waals surface area contributed by atoms with Crippen LogP contribution in [0.5, 0.6) is 23.0 Å². The summed E-state index contributed by atoms with van der Waals surface area (Å²) in [5, 5.41) is 20.3. The summed E-state index contributed by atoms with van der Waals surface area (Å²) in [6.45, 7) is 0. The summed E-state index contributed by atoms with van der Waals surface area (Å²) in [5.41, 5.74) is 0.965. The second kappa shape index (κ2) is 9.09. The zero-order valence-corrected chi connectivity index (χ0v) is 16.1. The second-order valence-corrected chi connectivity index (χ2v) is 7.66. The summed E-state index contributed by atoms with van der Waals surface area (Å²) < 4.78 is 34.0. The van der Waals surface area contributed by atoms with Crippen molar-refractivity contribution in [3.63, 3.8) is 0 Å². The summed E-state index contributed by atoms with van der Waals surface area (Å²) in [5.74, 6) is -0.966. The number of phenolic OH excluding ortho intramolecular Hbond substituents is 2. The average molecular weight is 404 g/mol. The van der Waals surface area contributed by atoms with Gasteiger partial charge in [0.1, 0.15) is 5.75 Å². The topological polar surface area (TPSA) is 110 Å². The van der Waals surface area contributed by atoms with Crippen molar-refractivity contribution in [2.24, 2.45) is 0 Å². The third kappa shape index (κ3) is 5.88. The summed E-state index contributed by atoms with van der Waals surface area (Å²) in [6.07, 6.45) is 3.82. The number of phenols is 2. The lowest BCUT2D eigenvalue weighted by atomic mass is 10.2. The van der Waals surface area contributed by atoms with Gasteiger partial charge in [-0.15, -0.1) is 0 Å². The van der Waals surface area contributed by atoms with E-state index in [1.165, 1.54) is 50.6 Å². The van der Waals surface area contributed by atoms with Crippen LogP contribution in [0.3, 0.4) is 0 Å². The van der Waals surface area contributed by atoms with Crippen LogP contribution < -0.4 is 9.47 Å². The monoisotopic (exact) mass is 404 g/mol. The van der Waals surface area contributed by atoms with E-state index in [0.29, 0.717) is 16.9 Å². The first-order valence-corrected chi connectivity index (χ1v) is 9.81. The van der Waals surface area contributed by atoms with Crippen LogP contribution in [-0.4, -0.2) is 44.4 Å². The number of sulfone groups is 1. The molecule has 148 valence electrons. The number of rotatable bonds is 8. The van der Waals surface area contributed by atoms with E-state index in [1.807, 2.05) is 0 Å². The second-order valence-electron chi connectivity index (χ2n) is 5.77. The van der Waals surface area contributed by atoms with Gasteiger partial charge in [-0.05, 0) is 47.5 Å². The van der Waals surface area contributed by atoms with E-state index in [0.717, 1.165) is 11.5 Å². The molecular formula is C20H20O7S. The highest BCUT2D eigenvalue weighted by molar-refractivity contribution is 7.95. The van der Waals surface area contributed by atoms with Crippen molar-refractivity contribution in [3.8, 4) is 23.0 Å². The molecule has 0 atom stereocenters. The van der Waals surface area contributed by atoms with Crippen LogP contribution in [-0.2, 0) is 14.6 Å². The van der Waals surface area contributed by atoms with Gasteiger partial charge in [-0.25, -0.2) is 8.42 Å². The molecule has 0 aliphatic rings. The highest BCUT2D eigenvalue weighted by atomic mass is 32.2. The Morgan fingerprint density at radius 3 is 1.89 bits per heavy atom. The van der Waals surface area contributed by atoms with E-state index in [4.69, 9.17) is 9.47 Å². The number of methoxy groups -OCH3 is 2. The predicted molar refractivity (Wildman–Crippen MR) is 106 cm³/mol. The van der Waals surface area contributed by atoms with Gasteiger partial charge in [0.25, 0.3) is 0 Å². The first kappa shape index (κ1) is 21.0. The van der Waals surface area contributed by atoms with Gasteiger partial charge in [0.05, 0.1) is 14.2 Å². The van der Waals surface area contributed by atoms with Crippen LogP contribution in [0.25, 0.3) is 12.2 Å². The van der Waals surface area contributed by atoms with Gasteiger partial charge in [-0.2, -0.15) is 0 Å². The van der Waals surface area contributed by atoms with Gasteiger partial charge in [-0.3, -0.25) is 4.79 Å². The Hall–Kier alpha value is -3.26. The maximum Gasteiger partial charge on any atom is 0.179 e. The maximum atomic E-state index is 12.1. The molecule has 2 aromatic rings. The zero-order chi connectivity index (χ0) is 20.7. The fraction of sp³-hybridized carbons (Fsp3) is 0.150. The highest BCUT2D eigenvalue weighted by Crippen LogP contribution is 2.27. The van der Waals surface area contributed by atoms with Crippen molar-refractivity contribution >= 4 is 27.8 Å². The molecule has 0 unspecified atom stereocenters. The minimum absolute atomic E-state index is 0.0876. The molecule has 7 nitrogen and oxygen atoms in total. The SMILES string of the molecule is COc1ccc(C=CC(=O)CS(=O)(=O)C=Cc2ccc(OC)c(O)c2)cc1O. The minimum Gasteiger partial charge on any atom is -0.504 e. The molecule has 0 aliphatic carbocycles. The Morgan fingerprint density at radius 1 is 0.929 bits per heavy atom. The molecule has 2 rings (SSSR count). The number of ether oxygens (including phenoxy) is 2. The van der Waals surface area contributed by atoms with Gasteiger partial charge >= 0.3 is 0 Å². The summed E-state index contributed by atoms with van der Waals surface area (Å²) in [6, 6.07) is 8.97. The summed E-state index contributed by atoms with van der Waals surface area (Å²) >= 11 is 0. The molecule has 0 spiro atoms. The van der Waals surface area contributed by atoms with Crippen molar-refractivity contribution < 1.29 is 32.9 Å². The van der Waals surface area contributed by atoms with Crippen LogP contribution >= 0.6 is 0 Å². The van der Waals surface area contributed by atoms with Crippen molar-refractivity contribution in [2.75, 3.05) is 20.0 Å². The lowest BCUT2D eigenvalue weighted by Gasteiger charge is -2.03. The van der Waals surface area contributed by atoms with Gasteiger partial charge in [0, 0.05) is 5.41 Å². The van der Waals surface area contributed by atoms with Crippen LogP contribution in [0.4, 0.5) is 0 Å². The highest BCUT2D eigenvalue weighted by Gasteiger charge is 2.12. The number of benzene rings is 2. The Balaban J connectivity index is 2.03. The van der Waals surface area contributed by atoms with Crippen molar-refractivity contribution in [2.45, 2.75) is 0 Å². The van der Waals surface area contributed by atoms with Crippen molar-refractivity contribution in [1.82, 2.24) is 0 Å². The molecule has 2 N–H and O–H groups in total. The molecule has 0 saturated carbocycles. The normalized spacial score (nSPS) is 11.8. The number of hydrogen-bond acceptors (Lipinski definition) is 7. The third-order valence-corrected chi connectivity index (χ3v) is 4.92. The van der Waals surface area contributed by atoms with E-state index in [-0.39, 0.29) is 17.2 Å². The molecule has 8 heteroatoms. The van der Waals surface area contributed by atoms with E-state index in [2.05, 4.69) is 0 Å². The van der Waals surface area contributed by atoms with Gasteiger partial charge < -0.3 is 19.7 Å². The van der Waals surface area contributed by atoms with E-state index in [9.17, 15) is 23.4 Å². The molecule has 0 radical (unpaired) electrons. The summed E-state index contributed by atoms with van der Waals surface area (Å²) in [7, 11) is -0.974. The van der Waals surface area contributed by atoms with E-state index < -0.39 is 21.4 Å². The Kier molecular flexibility index (Phi) is 6.84. The summed E-state index contributed by atoms with van der Waals surface area (Å²) in [4.78, 5) is 11.9. The van der Waals surface area contributed by atoms with E-state index >= 15 is 0 Å². The maximum absolute atomic E-state index is 12.1. The molecule has 0 saturated heterocycles. The molecule has 28 heavy (non-hydrogen) atoms. The number of hydrogen-bond donors (Lipinski definition) is 2. The molecule has 0 amide bonds. The zero-order valence-electron chi connectivity index (χ0n) is 15.3. The van der Waals surface area contributed by atoms with Crippen LogP contribution in [0.2, 0.25) is 0 Å². The van der Waals surface area contributed by atoms with Crippen molar-refractivity contribution in [1.29, 1.82) is 0 Å².